The standard InChI is InChI=1S/C10H16O3.C9H12O2.C9H10O2.C9H12O2.C8H14O3.C7H12O3.C7H8O2.C6H8O3/c1-4-9(11)7-8-10(12-5-2)13-6-3;1-3-7(2)9(10)8-5-4-6-11-8;1-2-8(10)5-6-9-4-3-7-11-9;1-2-3-5-8(10)9-6-4-7-11-9;1-2-8(9)11-6-7-4-3-5-10-7;1-3-10-7(9)5-4-6(2)8;1-2-6(8)7-4-3-5-9-7;1-5(7)3-4-6(8)9-2/h10H,4-6H2,1-3H3;4-7H,3H2,1-2H3;3-7H,2H2,1H3;4,6-7H,2-3,5H2,1H3;7H,2-6H2,1H3;3-5H2,1-2H3;2-6,8H,1H2;3-4H,1-2H3/b;;6-5+;;;;;4-3+. The first-order valence-corrected chi connectivity index (χ1v) is 28.4. The number of rotatable bonds is 26. The summed E-state index contributed by atoms with van der Waals surface area (Å²) in [6.45, 7) is 25.7. The second-order valence-electron chi connectivity index (χ2n) is 17.5. The van der Waals surface area contributed by atoms with Crippen molar-refractivity contribution < 1.29 is 94.3 Å². The second-order valence-corrected chi connectivity index (χ2v) is 17.5. The Morgan fingerprint density at radius 3 is 1.76 bits per heavy atom. The van der Waals surface area contributed by atoms with E-state index >= 15 is 0 Å². The lowest BCUT2D eigenvalue weighted by atomic mass is 10.0. The molecule has 3 unspecified atom stereocenters. The summed E-state index contributed by atoms with van der Waals surface area (Å²) < 4.78 is 49.0. The normalized spacial score (nSPS) is 12.3. The van der Waals surface area contributed by atoms with E-state index in [1.165, 1.54) is 51.9 Å². The fourth-order valence-corrected chi connectivity index (χ4v) is 5.49. The molecule has 0 radical (unpaired) electrons. The lowest BCUT2D eigenvalue weighted by molar-refractivity contribution is -0.146. The maximum atomic E-state index is 11.3. The third-order valence-electron chi connectivity index (χ3n) is 10.4. The number of carbonyl (C=O) groups is 9. The molecular weight excluding hydrogens is 1100 g/mol. The van der Waals surface area contributed by atoms with Gasteiger partial charge in [0.25, 0.3) is 0 Å². The number of carbonyl (C=O) groups excluding carboxylic acids is 9. The minimum atomic E-state index is -0.667. The fourth-order valence-electron chi connectivity index (χ4n) is 5.49. The predicted molar refractivity (Wildman–Crippen MR) is 321 cm³/mol. The molecule has 0 aliphatic carbocycles. The Morgan fingerprint density at radius 2 is 1.32 bits per heavy atom. The minimum absolute atomic E-state index is 0.0213. The molecule has 20 heteroatoms. The third kappa shape index (κ3) is 48.3. The second kappa shape index (κ2) is 55.4. The van der Waals surface area contributed by atoms with E-state index in [0.29, 0.717) is 81.6 Å². The Balaban J connectivity index is -0.000000906. The van der Waals surface area contributed by atoms with Gasteiger partial charge in [-0.15, -0.1) is 6.58 Å². The summed E-state index contributed by atoms with van der Waals surface area (Å²) in [4.78, 5) is 96.2. The Labute approximate surface area is 502 Å². The van der Waals surface area contributed by atoms with Gasteiger partial charge < -0.3 is 56.0 Å². The van der Waals surface area contributed by atoms with Crippen molar-refractivity contribution in [3.63, 3.8) is 0 Å². The number of aliphatic hydroxyl groups excluding tert-OH is 1. The number of hydrogen-bond acceptors (Lipinski definition) is 20. The molecule has 4 aromatic heterocycles. The van der Waals surface area contributed by atoms with Gasteiger partial charge in [0.15, 0.2) is 28.9 Å². The first-order valence-electron chi connectivity index (χ1n) is 28.4. The van der Waals surface area contributed by atoms with Crippen molar-refractivity contribution in [1.82, 2.24) is 0 Å². The molecule has 3 atom stereocenters. The molecule has 472 valence electrons. The van der Waals surface area contributed by atoms with Crippen LogP contribution in [0.5, 0.6) is 0 Å². The molecule has 1 N–H and O–H groups in total. The molecule has 0 aromatic carbocycles. The lowest BCUT2D eigenvalue weighted by Gasteiger charge is -2.09. The number of esters is 3. The maximum Gasteiger partial charge on any atom is 0.330 e. The van der Waals surface area contributed by atoms with Crippen LogP contribution in [0.2, 0.25) is 0 Å². The van der Waals surface area contributed by atoms with Crippen molar-refractivity contribution in [2.75, 3.05) is 40.1 Å². The van der Waals surface area contributed by atoms with Crippen molar-refractivity contribution in [3.05, 3.63) is 128 Å². The van der Waals surface area contributed by atoms with Crippen LogP contribution in [0.1, 0.15) is 186 Å². The molecule has 0 amide bonds. The summed E-state index contributed by atoms with van der Waals surface area (Å²) in [6, 6.07) is 13.9. The molecule has 4 aromatic rings. The van der Waals surface area contributed by atoms with Gasteiger partial charge in [0.2, 0.25) is 17.9 Å². The molecule has 1 fully saturated rings. The Morgan fingerprint density at radius 1 is 0.706 bits per heavy atom. The van der Waals surface area contributed by atoms with Crippen LogP contribution in [0.3, 0.4) is 0 Å². The summed E-state index contributed by atoms with van der Waals surface area (Å²) in [5, 5.41) is 9.01. The molecule has 85 heavy (non-hydrogen) atoms. The Bertz CT molecular complexity index is 2490. The molecular formula is C65H92O20. The van der Waals surface area contributed by atoms with Crippen molar-refractivity contribution in [2.24, 2.45) is 5.92 Å². The average molecular weight is 1190 g/mol. The topological polar surface area (TPSA) is 282 Å². The van der Waals surface area contributed by atoms with E-state index < -0.39 is 18.4 Å². The molecule has 1 aliphatic rings. The molecule has 1 saturated heterocycles. The number of Topliss-reactive ketones (excluding diaryl/α,β-unsaturated/α-hetero) is 4. The number of furan rings is 4. The van der Waals surface area contributed by atoms with E-state index in [1.807, 2.05) is 34.6 Å². The molecule has 20 nitrogen and oxygen atoms in total. The molecule has 0 saturated carbocycles. The van der Waals surface area contributed by atoms with Crippen molar-refractivity contribution in [1.29, 1.82) is 0 Å². The largest absolute Gasteiger partial charge is 0.466 e. The van der Waals surface area contributed by atoms with E-state index in [2.05, 4.69) is 34.8 Å². The smallest absolute Gasteiger partial charge is 0.330 e. The Hall–Kier alpha value is -7.83. The van der Waals surface area contributed by atoms with Crippen molar-refractivity contribution in [2.45, 2.75) is 165 Å². The fraction of sp³-hybridized carbons (Fsp3) is 0.492. The summed E-state index contributed by atoms with van der Waals surface area (Å²) in [6.07, 6.45) is 19.4. The van der Waals surface area contributed by atoms with E-state index in [0.717, 1.165) is 50.9 Å². The van der Waals surface area contributed by atoms with Crippen molar-refractivity contribution in [3.8, 4) is 11.8 Å². The van der Waals surface area contributed by atoms with Crippen LogP contribution < -0.4 is 0 Å². The number of ketones is 6. The number of aliphatic hydroxyl groups is 1. The van der Waals surface area contributed by atoms with Gasteiger partial charge in [0.05, 0.1) is 51.3 Å². The van der Waals surface area contributed by atoms with Crippen molar-refractivity contribution >= 4 is 58.7 Å². The third-order valence-corrected chi connectivity index (χ3v) is 10.4. The van der Waals surface area contributed by atoms with Gasteiger partial charge in [-0.05, 0) is 139 Å². The number of unbranched alkanes of at least 4 members (excludes halogenated alkanes) is 1. The van der Waals surface area contributed by atoms with Crippen LogP contribution in [0.15, 0.2) is 122 Å². The zero-order valence-corrected chi connectivity index (χ0v) is 51.8. The van der Waals surface area contributed by atoms with Gasteiger partial charge in [-0.1, -0.05) is 54.0 Å². The zero-order valence-electron chi connectivity index (χ0n) is 51.8. The maximum absolute atomic E-state index is 11.3. The first kappa shape index (κ1) is 81.4. The minimum Gasteiger partial charge on any atom is -0.466 e. The molecule has 5 heterocycles. The van der Waals surface area contributed by atoms with Crippen LogP contribution in [0, 0.1) is 17.8 Å². The average Bonchev–Trinajstić information content (AvgIpc) is 4.46. The molecule has 0 spiro atoms. The molecule has 0 bridgehead atoms. The van der Waals surface area contributed by atoms with Crippen LogP contribution in [0.25, 0.3) is 6.08 Å². The first-order chi connectivity index (χ1) is 40.7. The molecule has 5 rings (SSSR count). The van der Waals surface area contributed by atoms with Crippen LogP contribution in [-0.2, 0) is 62.0 Å². The highest BCUT2D eigenvalue weighted by molar-refractivity contribution is 5.96. The summed E-state index contributed by atoms with van der Waals surface area (Å²) in [7, 11) is 1.26. The quantitative estimate of drug-likeness (QED) is 0.00893. The number of ether oxygens (including phenoxy) is 6. The van der Waals surface area contributed by atoms with Crippen LogP contribution >= 0.6 is 0 Å². The highest BCUT2D eigenvalue weighted by Crippen LogP contribution is 2.14. The van der Waals surface area contributed by atoms with Gasteiger partial charge in [-0.3, -0.25) is 33.6 Å². The van der Waals surface area contributed by atoms with Gasteiger partial charge >= 0.3 is 17.9 Å². The van der Waals surface area contributed by atoms with Crippen LogP contribution in [0.4, 0.5) is 0 Å². The SMILES string of the molecule is C=CC(O)c1ccco1.CCC(=O)/C=C/c1ccco1.CCC(=O)OCC1CCCO1.CCC(C)C(=O)c1ccco1.CCCCC(=O)c1ccco1.CCOC(=O)CCC(C)=O.CCOC(C#CC(=O)CC)OCC.COC(=O)/C=C/C(C)=O. The highest BCUT2D eigenvalue weighted by atomic mass is 16.7. The predicted octanol–water partition coefficient (Wildman–Crippen LogP) is 12.6. The van der Waals surface area contributed by atoms with Crippen LogP contribution in [-0.4, -0.2) is 110 Å². The van der Waals surface area contributed by atoms with Gasteiger partial charge in [0.1, 0.15) is 30.0 Å². The van der Waals surface area contributed by atoms with E-state index in [9.17, 15) is 43.2 Å². The zero-order chi connectivity index (χ0) is 64.6. The van der Waals surface area contributed by atoms with Gasteiger partial charge in [0, 0.05) is 63.9 Å². The van der Waals surface area contributed by atoms with E-state index in [-0.39, 0.29) is 65.1 Å². The number of allylic oxidation sites excluding steroid dienone is 2. The number of hydrogen-bond donors (Lipinski definition) is 1. The lowest BCUT2D eigenvalue weighted by Crippen LogP contribution is -2.17. The van der Waals surface area contributed by atoms with Gasteiger partial charge in [-0.25, -0.2) is 4.79 Å². The van der Waals surface area contributed by atoms with E-state index in [4.69, 9.17) is 41.7 Å². The highest BCUT2D eigenvalue weighted by Gasteiger charge is 2.17. The van der Waals surface area contributed by atoms with E-state index in [1.54, 1.807) is 81.6 Å². The van der Waals surface area contributed by atoms with Gasteiger partial charge in [-0.2, -0.15) is 0 Å². The monoisotopic (exact) mass is 1190 g/mol. The molecule has 1 aliphatic heterocycles. The summed E-state index contributed by atoms with van der Waals surface area (Å²) >= 11 is 0. The number of methoxy groups -OCH3 is 1. The summed E-state index contributed by atoms with van der Waals surface area (Å²) in [5.41, 5.74) is 0. The Kier molecular flexibility index (Phi) is 53.0. The summed E-state index contributed by atoms with van der Waals surface area (Å²) in [5.74, 6) is 6.50.